The molecule has 7 aliphatic rings. The van der Waals surface area contributed by atoms with Gasteiger partial charge in [-0.15, -0.1) is 11.6 Å². The summed E-state index contributed by atoms with van der Waals surface area (Å²) < 4.78 is 19.2. The molecule has 4 aliphatic carbocycles. The summed E-state index contributed by atoms with van der Waals surface area (Å²) in [5, 5.41) is 12.1. The lowest BCUT2D eigenvalue weighted by molar-refractivity contribution is -0.503. The van der Waals surface area contributed by atoms with Crippen LogP contribution in [0.4, 0.5) is 0 Å². The third-order valence-corrected chi connectivity index (χ3v) is 11.3. The summed E-state index contributed by atoms with van der Waals surface area (Å²) in [5.41, 5.74) is -1.90. The van der Waals surface area contributed by atoms with E-state index < -0.39 is 17.0 Å². The van der Waals surface area contributed by atoms with Crippen LogP contribution < -0.4 is 0 Å². The van der Waals surface area contributed by atoms with Crippen LogP contribution in [0.3, 0.4) is 0 Å². The van der Waals surface area contributed by atoms with Crippen LogP contribution in [-0.4, -0.2) is 45.7 Å². The molecule has 3 heterocycles. The van der Waals surface area contributed by atoms with Gasteiger partial charge in [0.05, 0.1) is 11.5 Å². The van der Waals surface area contributed by atoms with Crippen molar-refractivity contribution < 1.29 is 24.1 Å². The van der Waals surface area contributed by atoms with Gasteiger partial charge in [-0.2, -0.15) is 0 Å². The van der Waals surface area contributed by atoms with Crippen LogP contribution in [0.1, 0.15) is 72.6 Å². The highest BCUT2D eigenvalue weighted by molar-refractivity contribution is 6.22. The maximum atomic E-state index is 12.3. The van der Waals surface area contributed by atoms with Crippen LogP contribution in [0.5, 0.6) is 0 Å². The van der Waals surface area contributed by atoms with Crippen LogP contribution in [0.15, 0.2) is 0 Å². The fourth-order valence-electron chi connectivity index (χ4n) is 9.51. The first kappa shape index (κ1) is 19.3. The van der Waals surface area contributed by atoms with Gasteiger partial charge in [0.25, 0.3) is 0 Å². The number of ether oxygens (including phenoxy) is 3. The molecule has 3 saturated heterocycles. The predicted molar refractivity (Wildman–Crippen MR) is 106 cm³/mol. The fraction of sp³-hybridized carbons (Fsp3) is 0.957. The maximum absolute atomic E-state index is 12.3. The van der Waals surface area contributed by atoms with E-state index in [0.29, 0.717) is 5.92 Å². The van der Waals surface area contributed by atoms with Gasteiger partial charge >= 0.3 is 5.97 Å². The first-order valence-electron chi connectivity index (χ1n) is 11.4. The van der Waals surface area contributed by atoms with Gasteiger partial charge < -0.3 is 19.3 Å². The second kappa shape index (κ2) is 5.33. The van der Waals surface area contributed by atoms with E-state index in [1.165, 1.54) is 6.92 Å². The van der Waals surface area contributed by atoms with Crippen LogP contribution >= 0.6 is 11.6 Å². The van der Waals surface area contributed by atoms with Gasteiger partial charge in [0, 0.05) is 24.2 Å². The largest absolute Gasteiger partial charge is 0.463 e. The number of carbonyl (C=O) groups is 1. The van der Waals surface area contributed by atoms with Gasteiger partial charge in [-0.3, -0.25) is 4.79 Å². The molecule has 0 aromatic heterocycles. The summed E-state index contributed by atoms with van der Waals surface area (Å²) in [6.45, 7) is 8.13. The Morgan fingerprint density at radius 3 is 2.62 bits per heavy atom. The lowest BCUT2D eigenvalue weighted by atomic mass is 9.38. The second-order valence-corrected chi connectivity index (χ2v) is 11.9. The average Bonchev–Trinajstić information content (AvgIpc) is 2.90. The molecule has 6 heteroatoms. The van der Waals surface area contributed by atoms with Gasteiger partial charge in [-0.1, -0.05) is 13.8 Å². The lowest BCUT2D eigenvalue weighted by Gasteiger charge is -2.79. The van der Waals surface area contributed by atoms with Crippen molar-refractivity contribution >= 4 is 17.6 Å². The maximum Gasteiger partial charge on any atom is 0.302 e. The van der Waals surface area contributed by atoms with E-state index in [2.05, 4.69) is 20.8 Å². The van der Waals surface area contributed by atoms with Crippen molar-refractivity contribution in [1.29, 1.82) is 0 Å². The van der Waals surface area contributed by atoms with E-state index in [1.54, 1.807) is 0 Å². The molecule has 11 unspecified atom stereocenters. The van der Waals surface area contributed by atoms with Crippen molar-refractivity contribution in [3.63, 3.8) is 0 Å². The number of alkyl halides is 1. The minimum atomic E-state index is -0.901. The number of fused-ring (bicyclic) bond motifs is 1. The minimum absolute atomic E-state index is 0.000855. The van der Waals surface area contributed by atoms with Crippen molar-refractivity contribution in [2.45, 2.75) is 107 Å². The Bertz CT molecular complexity index is 789. The molecular weight excluding hydrogens is 392 g/mol. The van der Waals surface area contributed by atoms with E-state index in [4.69, 9.17) is 25.8 Å². The zero-order valence-corrected chi connectivity index (χ0v) is 18.6. The van der Waals surface area contributed by atoms with Crippen LogP contribution in [0, 0.1) is 28.6 Å². The number of halogens is 1. The van der Waals surface area contributed by atoms with E-state index >= 15 is 0 Å². The Morgan fingerprint density at radius 1 is 1.14 bits per heavy atom. The minimum Gasteiger partial charge on any atom is -0.463 e. The smallest absolute Gasteiger partial charge is 0.302 e. The third kappa shape index (κ3) is 1.87. The van der Waals surface area contributed by atoms with Crippen LogP contribution in [0.25, 0.3) is 0 Å². The van der Waals surface area contributed by atoms with Gasteiger partial charge in [0.1, 0.15) is 17.3 Å². The molecule has 5 nitrogen and oxygen atoms in total. The molecule has 0 amide bonds. The molecule has 0 aromatic carbocycles. The van der Waals surface area contributed by atoms with Gasteiger partial charge in [-0.05, 0) is 63.2 Å². The number of hydrogen-bond acceptors (Lipinski definition) is 5. The number of esters is 1. The zero-order valence-electron chi connectivity index (χ0n) is 17.9. The van der Waals surface area contributed by atoms with Crippen molar-refractivity contribution in [3.8, 4) is 0 Å². The monoisotopic (exact) mass is 424 g/mol. The summed E-state index contributed by atoms with van der Waals surface area (Å²) in [6, 6.07) is 0. The molecule has 0 radical (unpaired) electrons. The molecular formula is C23H33ClO5. The standard InChI is InChI=1S/C23H33ClO5/c1-12(25)27-14-6-8-19(2)13(11-14)5-9-22-17(19)16-18(24)20(3)15(7-10-23(20,22)26)21(4,28-16)29-22/h13-18,26H,5-11H2,1-4H3. The molecule has 162 valence electrons. The molecule has 0 aromatic rings. The fourth-order valence-corrected chi connectivity index (χ4v) is 10.0. The quantitative estimate of drug-likeness (QED) is 0.394. The van der Waals surface area contributed by atoms with Gasteiger partial charge in [0.2, 0.25) is 0 Å². The second-order valence-electron chi connectivity index (χ2n) is 11.5. The van der Waals surface area contributed by atoms with Crippen LogP contribution in [0.2, 0.25) is 0 Å². The topological polar surface area (TPSA) is 65.0 Å². The number of carbonyl (C=O) groups excluding carboxylic acids is 1. The summed E-state index contributed by atoms with van der Waals surface area (Å²) in [5.74, 6) is -0.219. The Morgan fingerprint density at radius 2 is 1.90 bits per heavy atom. The average molecular weight is 425 g/mol. The summed E-state index contributed by atoms with van der Waals surface area (Å²) in [6.07, 6.45) is 6.06. The first-order valence-corrected chi connectivity index (χ1v) is 11.9. The predicted octanol–water partition coefficient (Wildman–Crippen LogP) is 3.79. The highest BCUT2D eigenvalue weighted by atomic mass is 35.5. The van der Waals surface area contributed by atoms with Crippen molar-refractivity contribution in [1.82, 2.24) is 0 Å². The third-order valence-electron chi connectivity index (χ3n) is 10.6. The van der Waals surface area contributed by atoms with E-state index in [-0.39, 0.29) is 46.2 Å². The van der Waals surface area contributed by atoms with Crippen LogP contribution in [-0.2, 0) is 19.0 Å². The van der Waals surface area contributed by atoms with Crippen molar-refractivity contribution in [2.75, 3.05) is 0 Å². The molecule has 1 N–H and O–H groups in total. The van der Waals surface area contributed by atoms with Gasteiger partial charge in [-0.25, -0.2) is 0 Å². The molecule has 1 spiro atoms. The molecule has 4 saturated carbocycles. The Hall–Kier alpha value is -0.360. The lowest BCUT2D eigenvalue weighted by Crippen LogP contribution is -2.89. The number of rotatable bonds is 1. The number of hydrogen-bond donors (Lipinski definition) is 1. The van der Waals surface area contributed by atoms with Gasteiger partial charge in [0.15, 0.2) is 5.79 Å². The van der Waals surface area contributed by atoms with E-state index in [0.717, 1.165) is 44.9 Å². The Kier molecular flexibility index (Phi) is 3.56. The summed E-state index contributed by atoms with van der Waals surface area (Å²) in [7, 11) is 0. The molecule has 7 fully saturated rings. The highest BCUT2D eigenvalue weighted by Crippen LogP contribution is 2.80. The van der Waals surface area contributed by atoms with E-state index in [1.807, 2.05) is 0 Å². The SMILES string of the molecule is CC(=O)OC1CCC2(C)C(CCC34OC5(C)OC(C23)C(Cl)C2(C)C5CCC42O)C1. The number of aliphatic hydroxyl groups is 1. The normalized spacial score (nSPS) is 64.5. The first-order chi connectivity index (χ1) is 13.5. The summed E-state index contributed by atoms with van der Waals surface area (Å²) in [4.78, 5) is 11.5. The molecule has 3 aliphatic heterocycles. The Balaban J connectivity index is 1.45. The van der Waals surface area contributed by atoms with Crippen molar-refractivity contribution in [2.24, 2.45) is 28.6 Å². The summed E-state index contributed by atoms with van der Waals surface area (Å²) >= 11 is 7.19. The highest BCUT2D eigenvalue weighted by Gasteiger charge is 2.88. The molecule has 7 rings (SSSR count). The molecule has 29 heavy (non-hydrogen) atoms. The van der Waals surface area contributed by atoms with Crippen molar-refractivity contribution in [3.05, 3.63) is 0 Å². The zero-order chi connectivity index (χ0) is 20.6. The molecule has 6 bridgehead atoms. The molecule has 11 atom stereocenters. The Labute approximate surface area is 177 Å². The van der Waals surface area contributed by atoms with E-state index in [9.17, 15) is 9.90 Å².